The van der Waals surface area contributed by atoms with Gasteiger partial charge in [-0.25, -0.2) is 0 Å². The zero-order valence-corrected chi connectivity index (χ0v) is 7.00. The average molecular weight is 161 g/mol. The van der Waals surface area contributed by atoms with Gasteiger partial charge in [0.25, 0.3) is 0 Å². The molecule has 2 nitrogen and oxygen atoms in total. The van der Waals surface area contributed by atoms with Gasteiger partial charge in [-0.05, 0) is 18.1 Å². The lowest BCUT2D eigenvalue weighted by atomic mass is 10.1. The molecule has 0 amide bonds. The second-order valence-electron chi connectivity index (χ2n) is 2.76. The molecule has 1 aromatic carbocycles. The van der Waals surface area contributed by atoms with Crippen LogP contribution in [0.5, 0.6) is 0 Å². The SMILES string of the molecule is CC(=O)Cc1ccc(C=N)cc1. The topological polar surface area (TPSA) is 40.9 Å². The number of ketones is 1. The van der Waals surface area contributed by atoms with Gasteiger partial charge in [0, 0.05) is 12.6 Å². The molecule has 0 aliphatic rings. The smallest absolute Gasteiger partial charge is 0.134 e. The number of Topliss-reactive ketones (excluding diaryl/α,β-unsaturated/α-hetero) is 1. The Morgan fingerprint density at radius 1 is 1.42 bits per heavy atom. The summed E-state index contributed by atoms with van der Waals surface area (Å²) in [4.78, 5) is 10.7. The molecule has 0 spiro atoms. The molecule has 2 heteroatoms. The highest BCUT2D eigenvalue weighted by atomic mass is 16.1. The third-order valence-electron chi connectivity index (χ3n) is 1.60. The average Bonchev–Trinajstić information content (AvgIpc) is 2.05. The van der Waals surface area contributed by atoms with Crippen molar-refractivity contribution in [2.75, 3.05) is 0 Å². The molecule has 0 saturated heterocycles. The Labute approximate surface area is 71.7 Å². The van der Waals surface area contributed by atoms with Gasteiger partial charge in [-0.1, -0.05) is 24.3 Å². The lowest BCUT2D eigenvalue weighted by Crippen LogP contribution is -1.95. The normalized spacial score (nSPS) is 9.42. The molecular weight excluding hydrogens is 150 g/mol. The predicted molar refractivity (Wildman–Crippen MR) is 48.7 cm³/mol. The molecule has 0 atom stereocenters. The van der Waals surface area contributed by atoms with Gasteiger partial charge in [0.05, 0.1) is 0 Å². The van der Waals surface area contributed by atoms with Crippen LogP contribution in [0.3, 0.4) is 0 Å². The maximum absolute atomic E-state index is 10.7. The number of benzene rings is 1. The molecule has 0 aliphatic heterocycles. The van der Waals surface area contributed by atoms with Crippen LogP contribution in [0.25, 0.3) is 0 Å². The Bertz CT molecular complexity index is 287. The van der Waals surface area contributed by atoms with Gasteiger partial charge in [0.2, 0.25) is 0 Å². The second-order valence-corrected chi connectivity index (χ2v) is 2.76. The first-order chi connectivity index (χ1) is 5.72. The van der Waals surface area contributed by atoms with Gasteiger partial charge in [-0.2, -0.15) is 0 Å². The molecule has 1 rings (SSSR count). The lowest BCUT2D eigenvalue weighted by molar-refractivity contribution is -0.116. The summed E-state index contributed by atoms with van der Waals surface area (Å²) in [5.41, 5.74) is 1.87. The third kappa shape index (κ3) is 2.31. The molecule has 0 heterocycles. The summed E-state index contributed by atoms with van der Waals surface area (Å²) in [5, 5.41) is 6.96. The number of hydrogen-bond donors (Lipinski definition) is 1. The molecule has 0 aromatic heterocycles. The van der Waals surface area contributed by atoms with E-state index in [2.05, 4.69) is 0 Å². The van der Waals surface area contributed by atoms with Crippen LogP contribution in [0.2, 0.25) is 0 Å². The summed E-state index contributed by atoms with van der Waals surface area (Å²) in [6.45, 7) is 1.57. The summed E-state index contributed by atoms with van der Waals surface area (Å²) in [5.74, 6) is 0.164. The molecule has 0 fully saturated rings. The molecule has 12 heavy (non-hydrogen) atoms. The van der Waals surface area contributed by atoms with Crippen molar-refractivity contribution in [3.63, 3.8) is 0 Å². The largest absolute Gasteiger partial charge is 0.308 e. The van der Waals surface area contributed by atoms with E-state index in [-0.39, 0.29) is 5.78 Å². The van der Waals surface area contributed by atoms with Crippen LogP contribution in [0.4, 0.5) is 0 Å². The number of rotatable bonds is 3. The van der Waals surface area contributed by atoms with E-state index in [1.807, 2.05) is 24.3 Å². The van der Waals surface area contributed by atoms with Gasteiger partial charge in [0.15, 0.2) is 0 Å². The Morgan fingerprint density at radius 3 is 2.42 bits per heavy atom. The van der Waals surface area contributed by atoms with Crippen LogP contribution < -0.4 is 0 Å². The minimum Gasteiger partial charge on any atom is -0.308 e. The first-order valence-electron chi connectivity index (χ1n) is 3.81. The van der Waals surface area contributed by atoms with E-state index in [0.717, 1.165) is 11.1 Å². The van der Waals surface area contributed by atoms with Crippen molar-refractivity contribution in [1.29, 1.82) is 5.41 Å². The minimum absolute atomic E-state index is 0.164. The van der Waals surface area contributed by atoms with Gasteiger partial charge in [-0.15, -0.1) is 0 Å². The van der Waals surface area contributed by atoms with Crippen LogP contribution in [0, 0.1) is 5.41 Å². The van der Waals surface area contributed by atoms with Crippen LogP contribution in [0.15, 0.2) is 24.3 Å². The summed E-state index contributed by atoms with van der Waals surface area (Å²) in [6.07, 6.45) is 1.77. The first-order valence-corrected chi connectivity index (χ1v) is 3.81. The monoisotopic (exact) mass is 161 g/mol. The van der Waals surface area contributed by atoms with Crippen molar-refractivity contribution in [3.05, 3.63) is 35.4 Å². The molecule has 0 aliphatic carbocycles. The molecule has 0 radical (unpaired) electrons. The van der Waals surface area contributed by atoms with Gasteiger partial charge < -0.3 is 5.41 Å². The van der Waals surface area contributed by atoms with Crippen LogP contribution in [-0.4, -0.2) is 12.0 Å². The fourth-order valence-electron chi connectivity index (χ4n) is 1.02. The number of hydrogen-bond acceptors (Lipinski definition) is 2. The van der Waals surface area contributed by atoms with Crippen LogP contribution in [0.1, 0.15) is 18.1 Å². The summed E-state index contributed by atoms with van der Waals surface area (Å²) in [7, 11) is 0. The number of nitrogens with one attached hydrogen (secondary N) is 1. The lowest BCUT2D eigenvalue weighted by Gasteiger charge is -1.97. The van der Waals surface area contributed by atoms with Gasteiger partial charge >= 0.3 is 0 Å². The van der Waals surface area contributed by atoms with Crippen LogP contribution >= 0.6 is 0 Å². The zero-order valence-electron chi connectivity index (χ0n) is 7.00. The highest BCUT2D eigenvalue weighted by Gasteiger charge is 1.96. The first kappa shape index (κ1) is 8.65. The Morgan fingerprint density at radius 2 is 2.00 bits per heavy atom. The Hall–Kier alpha value is -1.44. The quantitative estimate of drug-likeness (QED) is 0.675. The molecular formula is C10H11NO. The van der Waals surface area contributed by atoms with E-state index in [0.29, 0.717) is 6.42 Å². The van der Waals surface area contributed by atoms with E-state index in [9.17, 15) is 4.79 Å². The molecule has 1 aromatic rings. The van der Waals surface area contributed by atoms with Gasteiger partial charge in [-0.3, -0.25) is 4.79 Å². The summed E-state index contributed by atoms with van der Waals surface area (Å²) < 4.78 is 0. The molecule has 1 N–H and O–H groups in total. The standard InChI is InChI=1S/C10H11NO/c1-8(12)6-9-2-4-10(7-11)5-3-9/h2-5,7,11H,6H2,1H3. The van der Waals surface area contributed by atoms with Crippen molar-refractivity contribution in [2.45, 2.75) is 13.3 Å². The Kier molecular flexibility index (Phi) is 2.75. The van der Waals surface area contributed by atoms with Crippen molar-refractivity contribution in [1.82, 2.24) is 0 Å². The fourth-order valence-corrected chi connectivity index (χ4v) is 1.02. The Balaban J connectivity index is 2.77. The molecule has 0 unspecified atom stereocenters. The van der Waals surface area contributed by atoms with Crippen LogP contribution in [-0.2, 0) is 11.2 Å². The van der Waals surface area contributed by atoms with Crippen molar-refractivity contribution in [3.8, 4) is 0 Å². The summed E-state index contributed by atoms with van der Waals surface area (Å²) in [6, 6.07) is 7.43. The number of carbonyl (C=O) groups excluding carboxylic acids is 1. The molecule has 62 valence electrons. The van der Waals surface area contributed by atoms with E-state index in [4.69, 9.17) is 5.41 Å². The highest BCUT2D eigenvalue weighted by Crippen LogP contribution is 2.03. The van der Waals surface area contributed by atoms with E-state index < -0.39 is 0 Å². The zero-order chi connectivity index (χ0) is 8.97. The summed E-state index contributed by atoms with van der Waals surface area (Å²) >= 11 is 0. The minimum atomic E-state index is 0.164. The van der Waals surface area contributed by atoms with Crippen molar-refractivity contribution in [2.24, 2.45) is 0 Å². The molecule has 0 bridgehead atoms. The van der Waals surface area contributed by atoms with Crippen molar-refractivity contribution < 1.29 is 4.79 Å². The molecule has 0 saturated carbocycles. The van der Waals surface area contributed by atoms with E-state index in [1.54, 1.807) is 6.92 Å². The van der Waals surface area contributed by atoms with E-state index in [1.165, 1.54) is 6.21 Å². The van der Waals surface area contributed by atoms with Gasteiger partial charge in [0.1, 0.15) is 5.78 Å². The number of carbonyl (C=O) groups is 1. The predicted octanol–water partition coefficient (Wildman–Crippen LogP) is 1.82. The fraction of sp³-hybridized carbons (Fsp3) is 0.200. The maximum Gasteiger partial charge on any atom is 0.134 e. The second kappa shape index (κ2) is 3.81. The highest BCUT2D eigenvalue weighted by molar-refractivity contribution is 5.79. The van der Waals surface area contributed by atoms with E-state index >= 15 is 0 Å². The maximum atomic E-state index is 10.7. The third-order valence-corrected chi connectivity index (χ3v) is 1.60. The van der Waals surface area contributed by atoms with Crippen molar-refractivity contribution >= 4 is 12.0 Å².